The molecule has 0 amide bonds. The maximum atomic E-state index is 8.92. The van der Waals surface area contributed by atoms with Crippen LogP contribution in [0.15, 0.2) is 18.2 Å². The Morgan fingerprint density at radius 2 is 2.44 bits per heavy atom. The van der Waals surface area contributed by atoms with Crippen LogP contribution in [0.5, 0.6) is 0 Å². The average molecular weight is 221 g/mol. The Labute approximate surface area is 96.3 Å². The second-order valence-electron chi connectivity index (χ2n) is 4.24. The van der Waals surface area contributed by atoms with Gasteiger partial charge in [-0.25, -0.2) is 4.98 Å². The van der Waals surface area contributed by atoms with Gasteiger partial charge in [-0.3, -0.25) is 0 Å². The largest absolute Gasteiger partial charge is 0.396 e. The van der Waals surface area contributed by atoms with Gasteiger partial charge in [0.25, 0.3) is 0 Å². The van der Waals surface area contributed by atoms with Crippen molar-refractivity contribution in [3.8, 4) is 0 Å². The monoisotopic (exact) mass is 221 g/mol. The predicted octanol–water partition coefficient (Wildman–Crippen LogP) is 1.33. The standard InChI is InChI=1S/C12H19N3O/c1-13-11-3-2-4-12(14-11)15-7-5-10(9-15)6-8-16/h2-4,10,16H,5-9H2,1H3,(H,13,14). The fourth-order valence-electron chi connectivity index (χ4n) is 2.20. The lowest BCUT2D eigenvalue weighted by atomic mass is 10.1. The first-order valence-electron chi connectivity index (χ1n) is 5.84. The Morgan fingerprint density at radius 1 is 1.56 bits per heavy atom. The third-order valence-corrected chi connectivity index (χ3v) is 3.14. The van der Waals surface area contributed by atoms with E-state index in [4.69, 9.17) is 5.11 Å². The Balaban J connectivity index is 2.02. The highest BCUT2D eigenvalue weighted by molar-refractivity contribution is 5.47. The van der Waals surface area contributed by atoms with Crippen molar-refractivity contribution < 1.29 is 5.11 Å². The van der Waals surface area contributed by atoms with Gasteiger partial charge in [0.2, 0.25) is 0 Å². The molecule has 2 heterocycles. The van der Waals surface area contributed by atoms with Gasteiger partial charge < -0.3 is 15.3 Å². The van der Waals surface area contributed by atoms with E-state index in [-0.39, 0.29) is 0 Å². The Bertz CT molecular complexity index is 343. The van der Waals surface area contributed by atoms with Crippen LogP contribution in [-0.4, -0.2) is 36.8 Å². The van der Waals surface area contributed by atoms with Gasteiger partial charge in [-0.2, -0.15) is 0 Å². The molecule has 2 N–H and O–H groups in total. The van der Waals surface area contributed by atoms with Crippen LogP contribution in [0.3, 0.4) is 0 Å². The van der Waals surface area contributed by atoms with Gasteiger partial charge in [-0.1, -0.05) is 6.07 Å². The smallest absolute Gasteiger partial charge is 0.130 e. The molecule has 0 bridgehead atoms. The van der Waals surface area contributed by atoms with Crippen molar-refractivity contribution in [1.29, 1.82) is 0 Å². The van der Waals surface area contributed by atoms with Crippen LogP contribution in [0.25, 0.3) is 0 Å². The number of nitrogens with one attached hydrogen (secondary N) is 1. The van der Waals surface area contributed by atoms with Crippen molar-refractivity contribution in [1.82, 2.24) is 4.98 Å². The van der Waals surface area contributed by atoms with Gasteiger partial charge in [-0.15, -0.1) is 0 Å². The summed E-state index contributed by atoms with van der Waals surface area (Å²) in [7, 11) is 1.88. The molecule has 16 heavy (non-hydrogen) atoms. The number of hydrogen-bond donors (Lipinski definition) is 2. The summed E-state index contributed by atoms with van der Waals surface area (Å²) >= 11 is 0. The van der Waals surface area contributed by atoms with Gasteiger partial charge in [0.05, 0.1) is 0 Å². The number of aliphatic hydroxyl groups is 1. The van der Waals surface area contributed by atoms with Gasteiger partial charge in [0.1, 0.15) is 11.6 Å². The first-order chi connectivity index (χ1) is 7.83. The van der Waals surface area contributed by atoms with Gasteiger partial charge in [0, 0.05) is 26.7 Å². The van der Waals surface area contributed by atoms with Crippen LogP contribution in [0.1, 0.15) is 12.8 Å². The molecule has 1 aromatic rings. The maximum Gasteiger partial charge on any atom is 0.130 e. The minimum atomic E-state index is 0.294. The fraction of sp³-hybridized carbons (Fsp3) is 0.583. The van der Waals surface area contributed by atoms with Crippen molar-refractivity contribution in [2.45, 2.75) is 12.8 Å². The van der Waals surface area contributed by atoms with Gasteiger partial charge >= 0.3 is 0 Å². The lowest BCUT2D eigenvalue weighted by Crippen LogP contribution is -2.21. The van der Waals surface area contributed by atoms with Gasteiger partial charge in [-0.05, 0) is 30.9 Å². The third kappa shape index (κ3) is 2.44. The van der Waals surface area contributed by atoms with E-state index in [0.29, 0.717) is 12.5 Å². The molecule has 1 fully saturated rings. The van der Waals surface area contributed by atoms with E-state index in [0.717, 1.165) is 37.6 Å². The first-order valence-corrected chi connectivity index (χ1v) is 5.84. The average Bonchev–Trinajstić information content (AvgIpc) is 2.78. The topological polar surface area (TPSA) is 48.4 Å². The molecule has 2 rings (SSSR count). The van der Waals surface area contributed by atoms with Crippen molar-refractivity contribution in [2.75, 3.05) is 37.0 Å². The molecule has 4 nitrogen and oxygen atoms in total. The van der Waals surface area contributed by atoms with E-state index in [2.05, 4.69) is 15.2 Å². The van der Waals surface area contributed by atoms with Gasteiger partial charge in [0.15, 0.2) is 0 Å². The molecule has 1 unspecified atom stereocenters. The van der Waals surface area contributed by atoms with E-state index < -0.39 is 0 Å². The summed E-state index contributed by atoms with van der Waals surface area (Å²) in [4.78, 5) is 6.81. The summed E-state index contributed by atoms with van der Waals surface area (Å²) in [6.45, 7) is 2.36. The molecule has 0 spiro atoms. The Kier molecular flexibility index (Phi) is 3.62. The number of aromatic nitrogens is 1. The normalized spacial score (nSPS) is 20.1. The fourth-order valence-corrected chi connectivity index (χ4v) is 2.20. The highest BCUT2D eigenvalue weighted by atomic mass is 16.3. The lowest BCUT2D eigenvalue weighted by molar-refractivity contribution is 0.263. The quantitative estimate of drug-likeness (QED) is 0.805. The van der Waals surface area contributed by atoms with Crippen LogP contribution < -0.4 is 10.2 Å². The van der Waals surface area contributed by atoms with Crippen molar-refractivity contribution >= 4 is 11.6 Å². The zero-order valence-corrected chi connectivity index (χ0v) is 9.69. The van der Waals surface area contributed by atoms with Crippen LogP contribution in [0.2, 0.25) is 0 Å². The van der Waals surface area contributed by atoms with Crippen molar-refractivity contribution in [3.63, 3.8) is 0 Å². The summed E-state index contributed by atoms with van der Waals surface area (Å²) < 4.78 is 0. The molecule has 1 saturated heterocycles. The summed E-state index contributed by atoms with van der Waals surface area (Å²) in [5.41, 5.74) is 0. The van der Waals surface area contributed by atoms with Crippen molar-refractivity contribution in [2.24, 2.45) is 5.92 Å². The zero-order valence-electron chi connectivity index (χ0n) is 9.69. The number of pyridine rings is 1. The summed E-state index contributed by atoms with van der Waals surface area (Å²) in [6.07, 6.45) is 2.06. The van der Waals surface area contributed by atoms with E-state index in [1.165, 1.54) is 0 Å². The number of aliphatic hydroxyl groups excluding tert-OH is 1. The van der Waals surface area contributed by atoms with E-state index >= 15 is 0 Å². The first kappa shape index (κ1) is 11.2. The molecule has 0 aliphatic carbocycles. The summed E-state index contributed by atoms with van der Waals surface area (Å²) in [6, 6.07) is 6.03. The van der Waals surface area contributed by atoms with Crippen LogP contribution in [0.4, 0.5) is 11.6 Å². The van der Waals surface area contributed by atoms with E-state index in [1.807, 2.05) is 25.2 Å². The molecule has 4 heteroatoms. The minimum absolute atomic E-state index is 0.294. The molecule has 1 aliphatic heterocycles. The Morgan fingerprint density at radius 3 is 3.19 bits per heavy atom. The van der Waals surface area contributed by atoms with E-state index in [1.54, 1.807) is 0 Å². The SMILES string of the molecule is CNc1cccc(N2CCC(CCO)C2)n1. The number of hydrogen-bond acceptors (Lipinski definition) is 4. The molecule has 0 aromatic carbocycles. The minimum Gasteiger partial charge on any atom is -0.396 e. The third-order valence-electron chi connectivity index (χ3n) is 3.14. The Hall–Kier alpha value is -1.29. The van der Waals surface area contributed by atoms with Crippen LogP contribution in [0, 0.1) is 5.92 Å². The summed E-state index contributed by atoms with van der Waals surface area (Å²) in [5.74, 6) is 2.56. The van der Waals surface area contributed by atoms with Crippen LogP contribution in [-0.2, 0) is 0 Å². The highest BCUT2D eigenvalue weighted by Crippen LogP contribution is 2.24. The number of rotatable bonds is 4. The lowest BCUT2D eigenvalue weighted by Gasteiger charge is -2.18. The van der Waals surface area contributed by atoms with Crippen LogP contribution >= 0.6 is 0 Å². The molecule has 1 aliphatic rings. The van der Waals surface area contributed by atoms with E-state index in [9.17, 15) is 0 Å². The zero-order chi connectivity index (χ0) is 11.4. The second-order valence-corrected chi connectivity index (χ2v) is 4.24. The second kappa shape index (κ2) is 5.16. The van der Waals surface area contributed by atoms with Crippen molar-refractivity contribution in [3.05, 3.63) is 18.2 Å². The molecule has 88 valence electrons. The molecular weight excluding hydrogens is 202 g/mol. The molecule has 0 saturated carbocycles. The molecule has 0 radical (unpaired) electrons. The number of nitrogens with zero attached hydrogens (tertiary/aromatic N) is 2. The summed E-state index contributed by atoms with van der Waals surface area (Å²) in [5, 5.41) is 12.0. The number of anilines is 2. The molecule has 1 atom stereocenters. The maximum absolute atomic E-state index is 8.92. The predicted molar refractivity (Wildman–Crippen MR) is 65.8 cm³/mol. The molecular formula is C12H19N3O. The highest BCUT2D eigenvalue weighted by Gasteiger charge is 2.22. The molecule has 1 aromatic heterocycles.